The average molecular weight is 626 g/mol. The minimum absolute atomic E-state index is 0. The van der Waals surface area contributed by atoms with Gasteiger partial charge < -0.3 is 15.5 Å². The Balaban J connectivity index is 0.00000231. The van der Waals surface area contributed by atoms with Crippen LogP contribution in [0, 0.1) is 22.7 Å². The van der Waals surface area contributed by atoms with Crippen LogP contribution in [0.4, 0.5) is 22.0 Å². The quantitative estimate of drug-likeness (QED) is 0.443. The third-order valence-electron chi connectivity index (χ3n) is 8.58. The summed E-state index contributed by atoms with van der Waals surface area (Å²) in [5.74, 6) is -6.82. The molecule has 41 heavy (non-hydrogen) atoms. The van der Waals surface area contributed by atoms with Crippen molar-refractivity contribution in [1.82, 2.24) is 20.4 Å². The topological polar surface area (TPSA) is 88.5 Å². The maximum Gasteiger partial charge on any atom is 0.416 e. The fourth-order valence-corrected chi connectivity index (χ4v) is 5.59. The van der Waals surface area contributed by atoms with Gasteiger partial charge in [0.1, 0.15) is 11.6 Å². The number of piperazine rings is 1. The van der Waals surface area contributed by atoms with Crippen molar-refractivity contribution in [3.8, 4) is 6.07 Å². The molecule has 2 heterocycles. The van der Waals surface area contributed by atoms with E-state index in [-0.39, 0.29) is 36.9 Å². The second-order valence-electron chi connectivity index (χ2n) is 11.7. The van der Waals surface area contributed by atoms with Crippen LogP contribution >= 0.6 is 24.8 Å². The molecule has 5 rings (SSSR count). The van der Waals surface area contributed by atoms with Crippen LogP contribution in [0.2, 0.25) is 0 Å². The first kappa shape index (κ1) is 33.3. The lowest BCUT2D eigenvalue weighted by Gasteiger charge is -2.29. The number of nitrogens with zero attached hydrogens (tertiary/aromatic N) is 3. The fraction of sp³-hybridized carbons (Fsp3) is 0.667. The fourth-order valence-electron chi connectivity index (χ4n) is 5.59. The number of carbonyl (C=O) groups excluding carboxylic acids is 2. The Morgan fingerprint density at radius 3 is 2.24 bits per heavy atom. The molecular formula is C27H34Cl2F5N5O2. The van der Waals surface area contributed by atoms with Gasteiger partial charge in [-0.2, -0.15) is 18.4 Å². The normalized spacial score (nSPS) is 24.9. The van der Waals surface area contributed by atoms with Gasteiger partial charge in [0.2, 0.25) is 11.8 Å². The van der Waals surface area contributed by atoms with Gasteiger partial charge in [-0.05, 0) is 43.7 Å². The molecular weight excluding hydrogens is 592 g/mol. The van der Waals surface area contributed by atoms with Gasteiger partial charge in [0.15, 0.2) is 0 Å². The van der Waals surface area contributed by atoms with Crippen molar-refractivity contribution in [2.45, 2.75) is 69.3 Å². The summed E-state index contributed by atoms with van der Waals surface area (Å²) >= 11 is 0. The van der Waals surface area contributed by atoms with Crippen LogP contribution in [-0.4, -0.2) is 65.9 Å². The van der Waals surface area contributed by atoms with E-state index in [4.69, 9.17) is 0 Å². The summed E-state index contributed by atoms with van der Waals surface area (Å²) in [7, 11) is 0. The maximum atomic E-state index is 16.0. The average Bonchev–Trinajstić information content (AvgIpc) is 3.79. The summed E-state index contributed by atoms with van der Waals surface area (Å²) in [5.41, 5.74) is -4.10. The molecule has 7 nitrogen and oxygen atoms in total. The van der Waals surface area contributed by atoms with Crippen molar-refractivity contribution < 1.29 is 31.5 Å². The lowest BCUT2D eigenvalue weighted by molar-refractivity contribution is -0.146. The summed E-state index contributed by atoms with van der Waals surface area (Å²) in [6.45, 7) is 4.03. The number of halogens is 7. The van der Waals surface area contributed by atoms with Crippen molar-refractivity contribution in [3.63, 3.8) is 0 Å². The first-order chi connectivity index (χ1) is 18.3. The van der Waals surface area contributed by atoms with Gasteiger partial charge in [-0.3, -0.25) is 14.5 Å². The van der Waals surface area contributed by atoms with Gasteiger partial charge in [-0.15, -0.1) is 24.8 Å². The Labute approximate surface area is 248 Å². The highest BCUT2D eigenvalue weighted by Gasteiger charge is 2.58. The molecule has 0 unspecified atom stereocenters. The van der Waals surface area contributed by atoms with Crippen LogP contribution in [0.15, 0.2) is 18.2 Å². The molecule has 0 bridgehead atoms. The molecule has 2 amide bonds. The van der Waals surface area contributed by atoms with Crippen molar-refractivity contribution in [2.24, 2.45) is 11.3 Å². The number of nitrogens with one attached hydrogen (secondary N) is 2. The summed E-state index contributed by atoms with van der Waals surface area (Å²) in [6, 6.07) is 3.67. The van der Waals surface area contributed by atoms with Crippen LogP contribution in [0.1, 0.15) is 55.7 Å². The van der Waals surface area contributed by atoms with E-state index in [1.807, 2.05) is 11.0 Å². The van der Waals surface area contributed by atoms with Crippen LogP contribution in [0.3, 0.4) is 0 Å². The van der Waals surface area contributed by atoms with Crippen LogP contribution in [0.25, 0.3) is 0 Å². The Bertz CT molecular complexity index is 1190. The second-order valence-corrected chi connectivity index (χ2v) is 11.7. The standard InChI is InChI=1S/C27H32F5N5O2.2ClH/c1-24(4-5-24)23(39)37-15-18(13-21(37)22(38)35-25(16-33)6-7-25)26(28,29)19-3-2-17(12-20(19)27(30,31)32)14-36-10-8-34-9-11-36;;/h2-3,12,18,21,34H,4-11,13-15H2,1H3,(H,35,38);2*1H/t18-,21+;;/m1../s1. The van der Waals surface area contributed by atoms with Crippen molar-refractivity contribution in [3.05, 3.63) is 34.9 Å². The molecule has 2 saturated heterocycles. The Hall–Kier alpha value is -2.20. The van der Waals surface area contributed by atoms with Gasteiger partial charge >= 0.3 is 6.18 Å². The molecule has 0 radical (unpaired) electrons. The SMILES string of the molecule is CC1(C(=O)N2C[C@H](C(F)(F)c3ccc(CN4CCNCC4)cc3C(F)(F)F)C[C@H]2C(=O)NC2(C#N)CC2)CC1.Cl.Cl. The molecule has 2 atom stereocenters. The van der Waals surface area contributed by atoms with Gasteiger partial charge in [0.25, 0.3) is 5.92 Å². The summed E-state index contributed by atoms with van der Waals surface area (Å²) in [6.07, 6.45) is -3.58. The Morgan fingerprint density at radius 1 is 1.07 bits per heavy atom. The number of hydrogen-bond acceptors (Lipinski definition) is 5. The third kappa shape index (κ3) is 6.74. The van der Waals surface area contributed by atoms with E-state index in [0.717, 1.165) is 17.0 Å². The molecule has 2 N–H and O–H groups in total. The maximum absolute atomic E-state index is 16.0. The monoisotopic (exact) mass is 625 g/mol. The molecule has 0 spiro atoms. The van der Waals surface area contributed by atoms with Crippen molar-refractivity contribution in [2.75, 3.05) is 32.7 Å². The van der Waals surface area contributed by atoms with Gasteiger partial charge in [0.05, 0.1) is 11.6 Å². The number of rotatable bonds is 7. The van der Waals surface area contributed by atoms with E-state index in [1.54, 1.807) is 6.92 Å². The van der Waals surface area contributed by atoms with E-state index < -0.39 is 70.9 Å². The zero-order valence-electron chi connectivity index (χ0n) is 22.5. The van der Waals surface area contributed by atoms with Gasteiger partial charge in [-0.1, -0.05) is 19.1 Å². The van der Waals surface area contributed by atoms with Crippen molar-refractivity contribution >= 4 is 36.6 Å². The molecule has 14 heteroatoms. The smallest absolute Gasteiger partial charge is 0.336 e. The molecule has 1 aromatic rings. The highest BCUT2D eigenvalue weighted by Crippen LogP contribution is 2.51. The largest absolute Gasteiger partial charge is 0.416 e. The molecule has 1 aromatic carbocycles. The molecule has 2 aliphatic carbocycles. The number of hydrogen-bond donors (Lipinski definition) is 2. The summed E-state index contributed by atoms with van der Waals surface area (Å²) in [5, 5.41) is 15.1. The summed E-state index contributed by atoms with van der Waals surface area (Å²) in [4.78, 5) is 29.4. The highest BCUT2D eigenvalue weighted by molar-refractivity contribution is 5.92. The van der Waals surface area contributed by atoms with E-state index in [2.05, 4.69) is 10.6 Å². The molecule has 0 aromatic heterocycles. The van der Waals surface area contributed by atoms with E-state index in [1.165, 1.54) is 6.07 Å². The predicted octanol–water partition coefficient (Wildman–Crippen LogP) is 4.24. The number of amides is 2. The van der Waals surface area contributed by atoms with E-state index in [0.29, 0.717) is 51.9 Å². The van der Waals surface area contributed by atoms with Gasteiger partial charge in [0, 0.05) is 56.2 Å². The minimum Gasteiger partial charge on any atom is -0.336 e. The number of nitriles is 1. The highest BCUT2D eigenvalue weighted by atomic mass is 35.5. The Kier molecular flexibility index (Phi) is 9.60. The minimum atomic E-state index is -5.02. The number of benzene rings is 1. The lowest BCUT2D eigenvalue weighted by atomic mass is 9.88. The van der Waals surface area contributed by atoms with E-state index in [9.17, 15) is 28.0 Å². The number of likely N-dealkylation sites (tertiary alicyclic amines) is 1. The van der Waals surface area contributed by atoms with Crippen LogP contribution in [0.5, 0.6) is 0 Å². The van der Waals surface area contributed by atoms with E-state index >= 15 is 8.78 Å². The zero-order valence-corrected chi connectivity index (χ0v) is 24.2. The Morgan fingerprint density at radius 2 is 1.71 bits per heavy atom. The molecule has 4 fully saturated rings. The molecule has 228 valence electrons. The third-order valence-corrected chi connectivity index (χ3v) is 8.58. The van der Waals surface area contributed by atoms with Crippen molar-refractivity contribution in [1.29, 1.82) is 5.26 Å². The van der Waals surface area contributed by atoms with Crippen LogP contribution < -0.4 is 10.6 Å². The molecule has 4 aliphatic rings. The zero-order chi connectivity index (χ0) is 28.2. The number of alkyl halides is 5. The second kappa shape index (κ2) is 11.8. The summed E-state index contributed by atoms with van der Waals surface area (Å²) < 4.78 is 74.3. The molecule has 2 aliphatic heterocycles. The lowest BCUT2D eigenvalue weighted by Crippen LogP contribution is -2.50. The van der Waals surface area contributed by atoms with Crippen LogP contribution in [-0.2, 0) is 28.2 Å². The first-order valence-electron chi connectivity index (χ1n) is 13.3. The predicted molar refractivity (Wildman–Crippen MR) is 145 cm³/mol. The first-order valence-corrected chi connectivity index (χ1v) is 13.3. The van der Waals surface area contributed by atoms with Gasteiger partial charge in [-0.25, -0.2) is 8.78 Å². The number of carbonyl (C=O) groups is 2. The molecule has 2 saturated carbocycles.